The van der Waals surface area contributed by atoms with Gasteiger partial charge in [0, 0.05) is 6.04 Å². The molecule has 0 radical (unpaired) electrons. The Labute approximate surface area is 99.3 Å². The summed E-state index contributed by atoms with van der Waals surface area (Å²) in [6.45, 7) is 3.55. The van der Waals surface area contributed by atoms with Gasteiger partial charge in [-0.2, -0.15) is 0 Å². The first kappa shape index (κ1) is 11.7. The maximum Gasteiger partial charge on any atom is 0.00958 e. The quantitative estimate of drug-likeness (QED) is 0.797. The minimum absolute atomic E-state index is 0.786. The van der Waals surface area contributed by atoms with Crippen LogP contribution in [-0.4, -0.2) is 12.6 Å². The summed E-state index contributed by atoms with van der Waals surface area (Å²) < 4.78 is 0. The molecule has 0 unspecified atom stereocenters. The molecule has 0 amide bonds. The molecule has 2 atom stereocenters. The number of aryl methyl sites for hydroxylation is 1. The molecule has 1 heterocycles. The number of rotatable bonds is 5. The fourth-order valence-electron chi connectivity index (χ4n) is 2.82. The van der Waals surface area contributed by atoms with Gasteiger partial charge in [-0.05, 0) is 43.7 Å². The summed E-state index contributed by atoms with van der Waals surface area (Å²) in [5, 5.41) is 3.64. The highest BCUT2D eigenvalue weighted by Crippen LogP contribution is 2.22. The number of hydrogen-bond donors (Lipinski definition) is 1. The first-order valence-corrected chi connectivity index (χ1v) is 6.67. The molecule has 1 aromatic rings. The predicted molar refractivity (Wildman–Crippen MR) is 69.6 cm³/mol. The largest absolute Gasteiger partial charge is 0.314 e. The lowest BCUT2D eigenvalue weighted by Gasteiger charge is -2.17. The van der Waals surface area contributed by atoms with Crippen molar-refractivity contribution in [2.45, 2.75) is 45.1 Å². The Morgan fingerprint density at radius 2 is 2.06 bits per heavy atom. The zero-order chi connectivity index (χ0) is 11.2. The third-order valence-electron chi connectivity index (χ3n) is 3.84. The van der Waals surface area contributed by atoms with Crippen LogP contribution in [0, 0.1) is 5.92 Å². The second kappa shape index (κ2) is 6.05. The molecule has 0 bridgehead atoms. The Morgan fingerprint density at radius 1 is 1.25 bits per heavy atom. The third-order valence-corrected chi connectivity index (χ3v) is 3.84. The minimum Gasteiger partial charge on any atom is -0.314 e. The molecule has 0 saturated carbocycles. The Balaban J connectivity index is 1.72. The van der Waals surface area contributed by atoms with Crippen LogP contribution >= 0.6 is 0 Å². The molecule has 0 spiro atoms. The van der Waals surface area contributed by atoms with Crippen molar-refractivity contribution in [1.82, 2.24) is 5.32 Å². The van der Waals surface area contributed by atoms with Crippen LogP contribution in [0.25, 0.3) is 0 Å². The van der Waals surface area contributed by atoms with Crippen LogP contribution in [0.15, 0.2) is 30.3 Å². The highest BCUT2D eigenvalue weighted by molar-refractivity contribution is 5.14. The molecule has 0 aromatic heterocycles. The molecule has 1 nitrogen and oxygen atoms in total. The maximum absolute atomic E-state index is 3.64. The Bertz CT molecular complexity index is 294. The summed E-state index contributed by atoms with van der Waals surface area (Å²) in [6.07, 6.45) is 6.61. The molecule has 1 aliphatic heterocycles. The van der Waals surface area contributed by atoms with Crippen LogP contribution in [0.3, 0.4) is 0 Å². The summed E-state index contributed by atoms with van der Waals surface area (Å²) >= 11 is 0. The van der Waals surface area contributed by atoms with Crippen LogP contribution in [0.4, 0.5) is 0 Å². The Morgan fingerprint density at radius 3 is 2.81 bits per heavy atom. The summed E-state index contributed by atoms with van der Waals surface area (Å²) in [7, 11) is 0. The van der Waals surface area contributed by atoms with Gasteiger partial charge in [-0.3, -0.25) is 0 Å². The minimum atomic E-state index is 0.786. The average Bonchev–Trinajstić information content (AvgIpc) is 2.78. The molecular formula is C15H23N. The molecular weight excluding hydrogens is 194 g/mol. The lowest BCUT2D eigenvalue weighted by atomic mass is 9.93. The summed E-state index contributed by atoms with van der Waals surface area (Å²) in [6, 6.07) is 11.6. The van der Waals surface area contributed by atoms with Gasteiger partial charge in [-0.1, -0.05) is 43.7 Å². The van der Waals surface area contributed by atoms with E-state index in [-0.39, 0.29) is 0 Å². The monoisotopic (exact) mass is 217 g/mol. The van der Waals surface area contributed by atoms with Crippen molar-refractivity contribution >= 4 is 0 Å². The highest BCUT2D eigenvalue weighted by atomic mass is 14.9. The van der Waals surface area contributed by atoms with Gasteiger partial charge in [0.2, 0.25) is 0 Å². The van der Waals surface area contributed by atoms with Crippen molar-refractivity contribution in [1.29, 1.82) is 0 Å². The first-order valence-electron chi connectivity index (χ1n) is 6.67. The smallest absolute Gasteiger partial charge is 0.00958 e. The fourth-order valence-corrected chi connectivity index (χ4v) is 2.82. The molecule has 16 heavy (non-hydrogen) atoms. The van der Waals surface area contributed by atoms with Gasteiger partial charge >= 0.3 is 0 Å². The zero-order valence-corrected chi connectivity index (χ0v) is 10.3. The van der Waals surface area contributed by atoms with Gasteiger partial charge in [0.1, 0.15) is 0 Å². The van der Waals surface area contributed by atoms with E-state index in [1.165, 1.54) is 44.2 Å². The van der Waals surface area contributed by atoms with Crippen molar-refractivity contribution in [3.8, 4) is 0 Å². The van der Waals surface area contributed by atoms with E-state index in [1.54, 1.807) is 0 Å². The van der Waals surface area contributed by atoms with Crippen LogP contribution in [0.1, 0.15) is 38.2 Å². The molecule has 1 saturated heterocycles. The van der Waals surface area contributed by atoms with E-state index in [4.69, 9.17) is 0 Å². The van der Waals surface area contributed by atoms with Crippen molar-refractivity contribution < 1.29 is 0 Å². The lowest BCUT2D eigenvalue weighted by molar-refractivity contribution is 0.404. The Kier molecular flexibility index (Phi) is 4.41. The van der Waals surface area contributed by atoms with Gasteiger partial charge in [0.05, 0.1) is 0 Å². The van der Waals surface area contributed by atoms with Gasteiger partial charge < -0.3 is 5.32 Å². The summed E-state index contributed by atoms with van der Waals surface area (Å²) in [5.41, 5.74) is 1.48. The van der Waals surface area contributed by atoms with E-state index in [9.17, 15) is 0 Å². The second-order valence-corrected chi connectivity index (χ2v) is 4.90. The lowest BCUT2D eigenvalue weighted by Crippen LogP contribution is -2.26. The van der Waals surface area contributed by atoms with E-state index in [0.29, 0.717) is 0 Å². The zero-order valence-electron chi connectivity index (χ0n) is 10.3. The molecule has 1 aromatic carbocycles. The normalized spacial score (nSPS) is 24.8. The third kappa shape index (κ3) is 3.08. The van der Waals surface area contributed by atoms with Crippen LogP contribution in [-0.2, 0) is 6.42 Å². The maximum atomic E-state index is 3.64. The molecule has 1 N–H and O–H groups in total. The van der Waals surface area contributed by atoms with E-state index in [1.807, 2.05) is 0 Å². The summed E-state index contributed by atoms with van der Waals surface area (Å²) in [4.78, 5) is 0. The summed E-state index contributed by atoms with van der Waals surface area (Å²) in [5.74, 6) is 0.927. The fraction of sp³-hybridized carbons (Fsp3) is 0.600. The van der Waals surface area contributed by atoms with E-state index in [2.05, 4.69) is 42.6 Å². The van der Waals surface area contributed by atoms with Crippen molar-refractivity contribution in [3.63, 3.8) is 0 Å². The van der Waals surface area contributed by atoms with Gasteiger partial charge in [-0.15, -0.1) is 0 Å². The number of hydrogen-bond acceptors (Lipinski definition) is 1. The Hall–Kier alpha value is -0.820. The van der Waals surface area contributed by atoms with E-state index < -0.39 is 0 Å². The second-order valence-electron chi connectivity index (χ2n) is 4.90. The van der Waals surface area contributed by atoms with Crippen LogP contribution in [0.2, 0.25) is 0 Å². The van der Waals surface area contributed by atoms with Crippen molar-refractivity contribution in [3.05, 3.63) is 35.9 Å². The van der Waals surface area contributed by atoms with Crippen molar-refractivity contribution in [2.75, 3.05) is 6.54 Å². The highest BCUT2D eigenvalue weighted by Gasteiger charge is 2.24. The molecule has 1 aliphatic rings. The first-order chi connectivity index (χ1) is 7.90. The molecule has 1 heteroatoms. The van der Waals surface area contributed by atoms with Gasteiger partial charge in [-0.25, -0.2) is 0 Å². The molecule has 0 aliphatic carbocycles. The average molecular weight is 217 g/mol. The predicted octanol–water partition coefficient (Wildman–Crippen LogP) is 3.40. The van der Waals surface area contributed by atoms with E-state index in [0.717, 1.165) is 12.0 Å². The van der Waals surface area contributed by atoms with E-state index >= 15 is 0 Å². The van der Waals surface area contributed by atoms with Crippen LogP contribution < -0.4 is 5.32 Å². The molecule has 1 fully saturated rings. The van der Waals surface area contributed by atoms with Crippen molar-refractivity contribution in [2.24, 2.45) is 5.92 Å². The van der Waals surface area contributed by atoms with Crippen LogP contribution in [0.5, 0.6) is 0 Å². The number of benzene rings is 1. The molecule has 2 rings (SSSR count). The topological polar surface area (TPSA) is 12.0 Å². The standard InChI is InChI=1S/C15H23N/c1-2-14-11-12-16-15(14)10-6-9-13-7-4-3-5-8-13/h3-5,7-8,14-16H,2,6,9-12H2,1H3/t14-,15+/m1/s1. The van der Waals surface area contributed by atoms with Gasteiger partial charge in [0.15, 0.2) is 0 Å². The van der Waals surface area contributed by atoms with Gasteiger partial charge in [0.25, 0.3) is 0 Å². The number of nitrogens with one attached hydrogen (secondary N) is 1. The molecule has 88 valence electrons. The SMILES string of the molecule is CC[C@@H]1CCN[C@H]1CCCc1ccccc1.